The lowest BCUT2D eigenvalue weighted by atomic mass is 9.89. The van der Waals surface area contributed by atoms with Crippen molar-refractivity contribution in [2.24, 2.45) is 11.8 Å². The summed E-state index contributed by atoms with van der Waals surface area (Å²) in [5, 5.41) is 0. The summed E-state index contributed by atoms with van der Waals surface area (Å²) >= 11 is 3.45. The molecule has 1 rings (SSSR count). The third-order valence-electron chi connectivity index (χ3n) is 2.87. The minimum Gasteiger partial charge on any atom is -0.294 e. The molecular formula is C13H17BrO. The summed E-state index contributed by atoms with van der Waals surface area (Å²) in [6.07, 6.45) is 0. The summed E-state index contributed by atoms with van der Waals surface area (Å²) in [6.45, 7) is 8.16. The van der Waals surface area contributed by atoms with Crippen molar-refractivity contribution in [3.8, 4) is 0 Å². The lowest BCUT2D eigenvalue weighted by molar-refractivity contribution is 0.0899. The van der Waals surface area contributed by atoms with Gasteiger partial charge in [0.2, 0.25) is 0 Å². The third-order valence-corrected chi connectivity index (χ3v) is 3.72. The van der Waals surface area contributed by atoms with E-state index in [0.29, 0.717) is 5.92 Å². The molecule has 0 saturated carbocycles. The maximum absolute atomic E-state index is 12.0. The molecule has 0 amide bonds. The summed E-state index contributed by atoms with van der Waals surface area (Å²) in [6, 6.07) is 5.79. The molecule has 82 valence electrons. The highest BCUT2D eigenvalue weighted by Gasteiger charge is 2.18. The van der Waals surface area contributed by atoms with Crippen molar-refractivity contribution >= 4 is 21.7 Å². The Morgan fingerprint density at radius 3 is 2.33 bits per heavy atom. The Labute approximate surface area is 100 Å². The molecule has 1 unspecified atom stereocenters. The number of rotatable bonds is 3. The molecule has 0 aliphatic carbocycles. The number of benzene rings is 1. The first-order valence-electron chi connectivity index (χ1n) is 5.24. The van der Waals surface area contributed by atoms with Gasteiger partial charge in [-0.3, -0.25) is 4.79 Å². The minimum atomic E-state index is 0.0830. The van der Waals surface area contributed by atoms with Gasteiger partial charge in [-0.05, 0) is 24.5 Å². The number of Topliss-reactive ketones (excluding diaryl/α,β-unsaturated/α-hetero) is 1. The lowest BCUT2D eigenvalue weighted by Gasteiger charge is -2.14. The van der Waals surface area contributed by atoms with E-state index in [1.54, 1.807) is 0 Å². The standard InChI is InChI=1S/C13H17BrO/c1-8(2)10(4)13(15)11-6-5-9(3)12(14)7-11/h5-8,10H,1-4H3. The van der Waals surface area contributed by atoms with Crippen LogP contribution in [0.5, 0.6) is 0 Å². The van der Waals surface area contributed by atoms with E-state index < -0.39 is 0 Å². The molecule has 0 aliphatic rings. The quantitative estimate of drug-likeness (QED) is 0.750. The highest BCUT2D eigenvalue weighted by Crippen LogP contribution is 2.22. The summed E-state index contributed by atoms with van der Waals surface area (Å²) in [5.74, 6) is 0.697. The molecular weight excluding hydrogens is 252 g/mol. The predicted octanol–water partition coefficient (Wildman–Crippen LogP) is 4.23. The van der Waals surface area contributed by atoms with Crippen molar-refractivity contribution < 1.29 is 4.79 Å². The maximum atomic E-state index is 12.0. The number of carbonyl (C=O) groups is 1. The van der Waals surface area contributed by atoms with Crippen LogP contribution < -0.4 is 0 Å². The van der Waals surface area contributed by atoms with Crippen LogP contribution in [-0.4, -0.2) is 5.78 Å². The van der Waals surface area contributed by atoms with Crippen LogP contribution in [0.15, 0.2) is 22.7 Å². The molecule has 0 heterocycles. The topological polar surface area (TPSA) is 17.1 Å². The molecule has 0 N–H and O–H groups in total. The molecule has 0 aromatic heterocycles. The normalized spacial score (nSPS) is 12.9. The zero-order chi connectivity index (χ0) is 11.6. The smallest absolute Gasteiger partial charge is 0.165 e. The van der Waals surface area contributed by atoms with Crippen LogP contribution in [0, 0.1) is 18.8 Å². The molecule has 0 bridgehead atoms. The number of hydrogen-bond acceptors (Lipinski definition) is 1. The summed E-state index contributed by atoms with van der Waals surface area (Å²) in [4.78, 5) is 12.0. The fourth-order valence-electron chi connectivity index (χ4n) is 1.31. The fourth-order valence-corrected chi connectivity index (χ4v) is 1.69. The van der Waals surface area contributed by atoms with Gasteiger partial charge in [0.05, 0.1) is 0 Å². The van der Waals surface area contributed by atoms with E-state index in [2.05, 4.69) is 29.8 Å². The van der Waals surface area contributed by atoms with Crippen LogP contribution in [0.4, 0.5) is 0 Å². The van der Waals surface area contributed by atoms with Gasteiger partial charge in [-0.25, -0.2) is 0 Å². The highest BCUT2D eigenvalue weighted by molar-refractivity contribution is 9.10. The van der Waals surface area contributed by atoms with E-state index in [0.717, 1.165) is 15.6 Å². The van der Waals surface area contributed by atoms with Crippen LogP contribution in [0.3, 0.4) is 0 Å². The number of aryl methyl sites for hydroxylation is 1. The molecule has 0 fully saturated rings. The summed E-state index contributed by atoms with van der Waals surface area (Å²) in [7, 11) is 0. The van der Waals surface area contributed by atoms with Gasteiger partial charge in [-0.1, -0.05) is 48.8 Å². The Hall–Kier alpha value is -0.630. The van der Waals surface area contributed by atoms with Crippen LogP contribution in [0.25, 0.3) is 0 Å². The molecule has 1 nitrogen and oxygen atoms in total. The Morgan fingerprint density at radius 1 is 1.27 bits per heavy atom. The largest absolute Gasteiger partial charge is 0.294 e. The van der Waals surface area contributed by atoms with Gasteiger partial charge in [0.25, 0.3) is 0 Å². The zero-order valence-electron chi connectivity index (χ0n) is 9.67. The van der Waals surface area contributed by atoms with E-state index >= 15 is 0 Å². The molecule has 0 spiro atoms. The number of ketones is 1. The Balaban J connectivity index is 2.97. The van der Waals surface area contributed by atoms with Gasteiger partial charge in [0.1, 0.15) is 0 Å². The van der Waals surface area contributed by atoms with Gasteiger partial charge < -0.3 is 0 Å². The number of carbonyl (C=O) groups excluding carboxylic acids is 1. The summed E-state index contributed by atoms with van der Waals surface area (Å²) < 4.78 is 1.00. The second kappa shape index (κ2) is 4.93. The molecule has 2 heteroatoms. The van der Waals surface area contributed by atoms with Crippen molar-refractivity contribution in [1.29, 1.82) is 0 Å². The van der Waals surface area contributed by atoms with Gasteiger partial charge in [0.15, 0.2) is 5.78 Å². The van der Waals surface area contributed by atoms with Gasteiger partial charge >= 0.3 is 0 Å². The van der Waals surface area contributed by atoms with Gasteiger partial charge in [0, 0.05) is 16.0 Å². The molecule has 15 heavy (non-hydrogen) atoms. The van der Waals surface area contributed by atoms with Gasteiger partial charge in [-0.15, -0.1) is 0 Å². The van der Waals surface area contributed by atoms with Crippen LogP contribution >= 0.6 is 15.9 Å². The molecule has 0 aliphatic heterocycles. The molecule has 0 radical (unpaired) electrons. The zero-order valence-corrected chi connectivity index (χ0v) is 11.3. The highest BCUT2D eigenvalue weighted by atomic mass is 79.9. The number of halogens is 1. The van der Waals surface area contributed by atoms with E-state index in [1.807, 2.05) is 32.0 Å². The van der Waals surface area contributed by atoms with E-state index in [4.69, 9.17) is 0 Å². The van der Waals surface area contributed by atoms with Crippen LogP contribution in [-0.2, 0) is 0 Å². The molecule has 1 aromatic rings. The average Bonchev–Trinajstić information content (AvgIpc) is 2.19. The lowest BCUT2D eigenvalue weighted by Crippen LogP contribution is -2.16. The fraction of sp³-hybridized carbons (Fsp3) is 0.462. The first-order chi connectivity index (χ1) is 6.93. The van der Waals surface area contributed by atoms with Crippen molar-refractivity contribution in [1.82, 2.24) is 0 Å². The molecule has 1 aromatic carbocycles. The van der Waals surface area contributed by atoms with E-state index in [-0.39, 0.29) is 11.7 Å². The van der Waals surface area contributed by atoms with Crippen molar-refractivity contribution in [3.63, 3.8) is 0 Å². The Morgan fingerprint density at radius 2 is 1.87 bits per heavy atom. The summed E-state index contributed by atoms with van der Waals surface area (Å²) in [5.41, 5.74) is 1.96. The molecule has 1 atom stereocenters. The van der Waals surface area contributed by atoms with Crippen molar-refractivity contribution in [2.45, 2.75) is 27.7 Å². The SMILES string of the molecule is Cc1ccc(C(=O)C(C)C(C)C)cc1Br. The Bertz CT molecular complexity index is 369. The monoisotopic (exact) mass is 268 g/mol. The van der Waals surface area contributed by atoms with Crippen molar-refractivity contribution in [3.05, 3.63) is 33.8 Å². The molecule has 0 saturated heterocycles. The number of hydrogen-bond donors (Lipinski definition) is 0. The minimum absolute atomic E-state index is 0.0830. The average molecular weight is 269 g/mol. The van der Waals surface area contributed by atoms with E-state index in [9.17, 15) is 4.79 Å². The van der Waals surface area contributed by atoms with E-state index in [1.165, 1.54) is 0 Å². The van der Waals surface area contributed by atoms with Crippen molar-refractivity contribution in [2.75, 3.05) is 0 Å². The van der Waals surface area contributed by atoms with Crippen LogP contribution in [0.2, 0.25) is 0 Å². The second-order valence-electron chi connectivity index (χ2n) is 4.36. The Kier molecular flexibility index (Phi) is 4.09. The third kappa shape index (κ3) is 2.91. The van der Waals surface area contributed by atoms with Crippen LogP contribution in [0.1, 0.15) is 36.7 Å². The maximum Gasteiger partial charge on any atom is 0.165 e. The predicted molar refractivity (Wildman–Crippen MR) is 67.2 cm³/mol. The first-order valence-corrected chi connectivity index (χ1v) is 6.03. The second-order valence-corrected chi connectivity index (χ2v) is 5.22. The van der Waals surface area contributed by atoms with Gasteiger partial charge in [-0.2, -0.15) is 0 Å². The first kappa shape index (κ1) is 12.4.